The molecule has 1 atom stereocenters. The predicted octanol–water partition coefficient (Wildman–Crippen LogP) is 0.683. The number of carboxylic acids is 1. The van der Waals surface area contributed by atoms with E-state index in [-0.39, 0.29) is 11.8 Å². The molecule has 1 rings (SSSR count). The minimum atomic E-state index is -0.862. The van der Waals surface area contributed by atoms with Crippen molar-refractivity contribution in [2.45, 2.75) is 39.7 Å². The molecule has 3 N–H and O–H groups in total. The summed E-state index contributed by atoms with van der Waals surface area (Å²) < 4.78 is 0. The van der Waals surface area contributed by atoms with E-state index in [1.165, 1.54) is 0 Å². The van der Waals surface area contributed by atoms with Crippen LogP contribution in [-0.2, 0) is 9.59 Å². The van der Waals surface area contributed by atoms with E-state index in [1.54, 1.807) is 0 Å². The topological polar surface area (TPSA) is 83.6 Å². The molecule has 0 bridgehead atoms. The fraction of sp³-hybridized carbons (Fsp3) is 0.833. The van der Waals surface area contributed by atoms with Crippen LogP contribution in [0.25, 0.3) is 0 Å². The third-order valence-electron chi connectivity index (χ3n) is 3.52. The van der Waals surface area contributed by atoms with Gasteiger partial charge in [0.25, 0.3) is 0 Å². The van der Waals surface area contributed by atoms with Gasteiger partial charge in [-0.25, -0.2) is 0 Å². The summed E-state index contributed by atoms with van der Waals surface area (Å²) in [6.45, 7) is 8.06. The van der Waals surface area contributed by atoms with E-state index < -0.39 is 17.9 Å². The van der Waals surface area contributed by atoms with Crippen molar-refractivity contribution in [3.8, 4) is 0 Å². The molecular weight excluding hydrogens is 220 g/mol. The molecule has 1 aliphatic rings. The van der Waals surface area contributed by atoms with Crippen molar-refractivity contribution in [3.63, 3.8) is 0 Å². The fourth-order valence-electron chi connectivity index (χ4n) is 2.06. The van der Waals surface area contributed by atoms with Crippen molar-refractivity contribution in [2.24, 2.45) is 17.1 Å². The molecule has 17 heavy (non-hydrogen) atoms. The van der Waals surface area contributed by atoms with Crippen LogP contribution in [-0.4, -0.2) is 41.0 Å². The average molecular weight is 242 g/mol. The molecule has 1 aliphatic heterocycles. The maximum Gasteiger partial charge on any atom is 0.320 e. The van der Waals surface area contributed by atoms with Crippen LogP contribution in [0.3, 0.4) is 0 Å². The Morgan fingerprint density at radius 1 is 1.41 bits per heavy atom. The third-order valence-corrected chi connectivity index (χ3v) is 3.52. The van der Waals surface area contributed by atoms with E-state index in [0.29, 0.717) is 12.3 Å². The number of primary amides is 1. The van der Waals surface area contributed by atoms with Crippen LogP contribution in [0.1, 0.15) is 33.6 Å². The van der Waals surface area contributed by atoms with Crippen LogP contribution in [0.2, 0.25) is 0 Å². The number of carboxylic acid groups (broad SMARTS) is 1. The molecule has 0 aliphatic carbocycles. The smallest absolute Gasteiger partial charge is 0.320 e. The van der Waals surface area contributed by atoms with E-state index in [4.69, 9.17) is 10.8 Å². The number of nitrogens with two attached hydrogens (primary N) is 1. The van der Waals surface area contributed by atoms with Crippen molar-refractivity contribution in [1.82, 2.24) is 4.90 Å². The molecule has 98 valence electrons. The Kier molecular flexibility index (Phi) is 4.14. The number of carbonyl (C=O) groups excluding carboxylic acids is 1. The first-order valence-electron chi connectivity index (χ1n) is 5.97. The van der Waals surface area contributed by atoms with Gasteiger partial charge < -0.3 is 10.8 Å². The van der Waals surface area contributed by atoms with Crippen LogP contribution in [0, 0.1) is 11.3 Å². The van der Waals surface area contributed by atoms with Crippen molar-refractivity contribution in [2.75, 3.05) is 13.1 Å². The number of hydrogen-bond donors (Lipinski definition) is 2. The zero-order chi connectivity index (χ0) is 13.2. The van der Waals surface area contributed by atoms with Gasteiger partial charge in [0.2, 0.25) is 5.91 Å². The van der Waals surface area contributed by atoms with Gasteiger partial charge in [-0.15, -0.1) is 0 Å². The summed E-state index contributed by atoms with van der Waals surface area (Å²) in [7, 11) is 0. The van der Waals surface area contributed by atoms with Gasteiger partial charge in [-0.3, -0.25) is 14.5 Å². The number of aliphatic carboxylic acids is 1. The lowest BCUT2D eigenvalue weighted by Crippen LogP contribution is -2.58. The normalized spacial score (nSPS) is 19.7. The summed E-state index contributed by atoms with van der Waals surface area (Å²) in [6.07, 6.45) is 0.440. The standard InChI is InChI=1S/C12H22N2O3/c1-12(2,3)8-6-14(7-8)9(11(16)17)4-5-10(13)15/h8-9H,4-7H2,1-3H3,(H2,13,15)(H,16,17). The Labute approximate surface area is 102 Å². The SMILES string of the molecule is CC(C)(C)C1CN(C(CCC(N)=O)C(=O)O)C1. The Bertz CT molecular complexity index is 303. The van der Waals surface area contributed by atoms with E-state index in [9.17, 15) is 9.59 Å². The lowest BCUT2D eigenvalue weighted by atomic mass is 9.75. The summed E-state index contributed by atoms with van der Waals surface area (Å²) >= 11 is 0. The molecule has 0 aromatic heterocycles. The van der Waals surface area contributed by atoms with Gasteiger partial charge in [0.15, 0.2) is 0 Å². The number of likely N-dealkylation sites (tertiary alicyclic amines) is 1. The number of rotatable bonds is 5. The molecule has 0 aromatic rings. The first-order chi connectivity index (χ1) is 7.71. The first-order valence-corrected chi connectivity index (χ1v) is 5.97. The van der Waals surface area contributed by atoms with Crippen LogP contribution in [0.15, 0.2) is 0 Å². The maximum atomic E-state index is 11.1. The quantitative estimate of drug-likeness (QED) is 0.742. The minimum absolute atomic E-state index is 0.133. The second-order valence-electron chi connectivity index (χ2n) is 5.88. The monoisotopic (exact) mass is 242 g/mol. The van der Waals surface area contributed by atoms with E-state index in [1.807, 2.05) is 4.90 Å². The van der Waals surface area contributed by atoms with Gasteiger partial charge >= 0.3 is 5.97 Å². The zero-order valence-electron chi connectivity index (χ0n) is 10.8. The summed E-state index contributed by atoms with van der Waals surface area (Å²) in [5.74, 6) is -0.777. The maximum absolute atomic E-state index is 11.1. The Balaban J connectivity index is 2.47. The molecular formula is C12H22N2O3. The van der Waals surface area contributed by atoms with Crippen molar-refractivity contribution in [1.29, 1.82) is 0 Å². The Morgan fingerprint density at radius 2 is 1.94 bits per heavy atom. The molecule has 0 radical (unpaired) electrons. The van der Waals surface area contributed by atoms with Gasteiger partial charge in [-0.1, -0.05) is 20.8 Å². The predicted molar refractivity (Wildman–Crippen MR) is 64.4 cm³/mol. The average Bonchev–Trinajstić information content (AvgIpc) is 2.04. The number of carbonyl (C=O) groups is 2. The van der Waals surface area contributed by atoms with Gasteiger partial charge in [0, 0.05) is 19.5 Å². The third kappa shape index (κ3) is 3.70. The highest BCUT2D eigenvalue weighted by atomic mass is 16.4. The van der Waals surface area contributed by atoms with Crippen molar-refractivity contribution in [3.05, 3.63) is 0 Å². The van der Waals surface area contributed by atoms with Crippen LogP contribution in [0.5, 0.6) is 0 Å². The van der Waals surface area contributed by atoms with Crippen LogP contribution < -0.4 is 5.73 Å². The lowest BCUT2D eigenvalue weighted by Gasteiger charge is -2.48. The molecule has 0 spiro atoms. The highest BCUT2D eigenvalue weighted by Crippen LogP contribution is 2.35. The molecule has 1 saturated heterocycles. The van der Waals surface area contributed by atoms with Crippen LogP contribution >= 0.6 is 0 Å². The second kappa shape index (κ2) is 5.04. The second-order valence-corrected chi connectivity index (χ2v) is 5.88. The summed E-state index contributed by atoms with van der Waals surface area (Å²) in [6, 6.07) is -0.568. The molecule has 0 aromatic carbocycles. The number of nitrogens with zero attached hydrogens (tertiary/aromatic N) is 1. The molecule has 1 amide bonds. The number of amides is 1. The van der Waals surface area contributed by atoms with Gasteiger partial charge in [-0.2, -0.15) is 0 Å². The van der Waals surface area contributed by atoms with Gasteiger partial charge in [0.05, 0.1) is 0 Å². The largest absolute Gasteiger partial charge is 0.480 e. The van der Waals surface area contributed by atoms with Gasteiger partial charge in [0.1, 0.15) is 6.04 Å². The Hall–Kier alpha value is -1.10. The van der Waals surface area contributed by atoms with Crippen molar-refractivity contribution < 1.29 is 14.7 Å². The molecule has 5 heteroatoms. The first kappa shape index (κ1) is 14.0. The molecule has 1 heterocycles. The highest BCUT2D eigenvalue weighted by Gasteiger charge is 2.40. The lowest BCUT2D eigenvalue weighted by molar-refractivity contribution is -0.148. The summed E-state index contributed by atoms with van der Waals surface area (Å²) in [5.41, 5.74) is 5.26. The molecule has 1 fully saturated rings. The van der Waals surface area contributed by atoms with E-state index in [2.05, 4.69) is 20.8 Å². The highest BCUT2D eigenvalue weighted by molar-refractivity contribution is 5.77. The minimum Gasteiger partial charge on any atom is -0.480 e. The van der Waals surface area contributed by atoms with Crippen molar-refractivity contribution >= 4 is 11.9 Å². The Morgan fingerprint density at radius 3 is 2.29 bits per heavy atom. The fourth-order valence-corrected chi connectivity index (χ4v) is 2.06. The number of hydrogen-bond acceptors (Lipinski definition) is 3. The zero-order valence-corrected chi connectivity index (χ0v) is 10.8. The van der Waals surface area contributed by atoms with Crippen LogP contribution in [0.4, 0.5) is 0 Å². The summed E-state index contributed by atoms with van der Waals surface area (Å²) in [4.78, 5) is 23.7. The molecule has 1 unspecified atom stereocenters. The molecule has 0 saturated carbocycles. The van der Waals surface area contributed by atoms with E-state index >= 15 is 0 Å². The van der Waals surface area contributed by atoms with Gasteiger partial charge in [-0.05, 0) is 17.8 Å². The van der Waals surface area contributed by atoms with E-state index in [0.717, 1.165) is 13.1 Å². The molecule has 5 nitrogen and oxygen atoms in total. The summed E-state index contributed by atoms with van der Waals surface area (Å²) in [5, 5.41) is 9.12.